The van der Waals surface area contributed by atoms with Crippen LogP contribution in [0.15, 0.2) is 11.6 Å². The zero-order chi connectivity index (χ0) is 10.7. The summed E-state index contributed by atoms with van der Waals surface area (Å²) in [6.45, 7) is 2.39. The lowest BCUT2D eigenvalue weighted by molar-refractivity contribution is -0.120. The number of nitrogens with zero attached hydrogens (tertiary/aromatic N) is 1. The fourth-order valence-electron chi connectivity index (χ4n) is 1.29. The van der Waals surface area contributed by atoms with Crippen LogP contribution in [0.5, 0.6) is 0 Å². The molecule has 0 aliphatic heterocycles. The van der Waals surface area contributed by atoms with Crippen molar-refractivity contribution in [2.75, 3.05) is 6.54 Å². The van der Waals surface area contributed by atoms with Gasteiger partial charge in [0.05, 0.1) is 12.6 Å². The fraction of sp³-hybridized carbons (Fsp3) is 0.600. The molecule has 2 N–H and O–H groups in total. The molecule has 0 radical (unpaired) electrons. The molecule has 1 fully saturated rings. The maximum absolute atomic E-state index is 11.4. The van der Waals surface area contributed by atoms with E-state index in [1.165, 1.54) is 0 Å². The highest BCUT2D eigenvalue weighted by Gasteiger charge is 2.23. The molecule has 2 rings (SSSR count). The highest BCUT2D eigenvalue weighted by atomic mass is 32.1. The van der Waals surface area contributed by atoms with Crippen molar-refractivity contribution in [2.24, 2.45) is 0 Å². The van der Waals surface area contributed by atoms with E-state index in [2.05, 4.69) is 15.6 Å². The average molecular weight is 225 g/mol. The molecule has 1 heterocycles. The predicted molar refractivity (Wildman–Crippen MR) is 59.7 cm³/mol. The molecule has 0 saturated heterocycles. The smallest absolute Gasteiger partial charge is 0.234 e. The summed E-state index contributed by atoms with van der Waals surface area (Å²) < 4.78 is 0. The van der Waals surface area contributed by atoms with Gasteiger partial charge in [-0.25, -0.2) is 4.98 Å². The second-order valence-electron chi connectivity index (χ2n) is 3.81. The van der Waals surface area contributed by atoms with Crippen LogP contribution in [-0.4, -0.2) is 23.5 Å². The first kappa shape index (κ1) is 10.6. The third-order valence-corrected chi connectivity index (χ3v) is 3.29. The van der Waals surface area contributed by atoms with Gasteiger partial charge in [-0.2, -0.15) is 0 Å². The number of nitrogens with one attached hydrogen (secondary N) is 2. The summed E-state index contributed by atoms with van der Waals surface area (Å²) in [5.41, 5.74) is 0. The normalized spacial score (nSPS) is 17.4. The molecular formula is C10H15N3OS. The number of thiazole rings is 1. The first-order valence-electron chi connectivity index (χ1n) is 5.18. The third kappa shape index (κ3) is 3.28. The van der Waals surface area contributed by atoms with Gasteiger partial charge in [0.1, 0.15) is 5.01 Å². The van der Waals surface area contributed by atoms with Crippen molar-refractivity contribution in [1.29, 1.82) is 0 Å². The van der Waals surface area contributed by atoms with Crippen molar-refractivity contribution in [3.63, 3.8) is 0 Å². The Kier molecular flexibility index (Phi) is 3.33. The molecule has 1 saturated carbocycles. The largest absolute Gasteiger partial charge is 0.352 e. The first-order chi connectivity index (χ1) is 7.25. The highest BCUT2D eigenvalue weighted by Crippen LogP contribution is 2.18. The summed E-state index contributed by atoms with van der Waals surface area (Å²) in [7, 11) is 0. The van der Waals surface area contributed by atoms with Gasteiger partial charge < -0.3 is 5.32 Å². The van der Waals surface area contributed by atoms with E-state index >= 15 is 0 Å². The molecular weight excluding hydrogens is 210 g/mol. The number of carbonyl (C=O) groups excluding carboxylic acids is 1. The molecule has 1 aromatic heterocycles. The van der Waals surface area contributed by atoms with Crippen LogP contribution >= 0.6 is 11.3 Å². The first-order valence-corrected chi connectivity index (χ1v) is 6.06. The molecule has 1 amide bonds. The summed E-state index contributed by atoms with van der Waals surface area (Å²) in [6.07, 6.45) is 4.05. The second-order valence-corrected chi connectivity index (χ2v) is 4.74. The van der Waals surface area contributed by atoms with Crippen LogP contribution < -0.4 is 10.6 Å². The van der Waals surface area contributed by atoms with E-state index in [4.69, 9.17) is 0 Å². The van der Waals surface area contributed by atoms with E-state index in [1.54, 1.807) is 17.5 Å². The van der Waals surface area contributed by atoms with Gasteiger partial charge in [0.15, 0.2) is 0 Å². The molecule has 0 spiro atoms. The van der Waals surface area contributed by atoms with Crippen molar-refractivity contribution in [3.8, 4) is 0 Å². The van der Waals surface area contributed by atoms with Gasteiger partial charge in [0.2, 0.25) is 5.91 Å². The summed E-state index contributed by atoms with van der Waals surface area (Å²) in [6, 6.07) is 0.587. The molecule has 0 bridgehead atoms. The standard InChI is InChI=1S/C10H15N3OS/c1-7(10-11-4-5-15-10)12-6-9(14)13-8-2-3-8/h4-5,7-8,12H,2-3,6H2,1H3,(H,13,14). The average Bonchev–Trinajstić information content (AvgIpc) is 2.86. The number of aromatic nitrogens is 1. The number of carbonyl (C=O) groups is 1. The van der Waals surface area contributed by atoms with Gasteiger partial charge in [0, 0.05) is 17.6 Å². The Balaban J connectivity index is 1.70. The quantitative estimate of drug-likeness (QED) is 0.788. The Morgan fingerprint density at radius 1 is 1.73 bits per heavy atom. The molecule has 4 nitrogen and oxygen atoms in total. The summed E-state index contributed by atoms with van der Waals surface area (Å²) in [5.74, 6) is 0.0842. The summed E-state index contributed by atoms with van der Waals surface area (Å²) in [4.78, 5) is 15.6. The number of rotatable bonds is 5. The van der Waals surface area contributed by atoms with Crippen LogP contribution in [0.4, 0.5) is 0 Å². The molecule has 0 aromatic carbocycles. The molecule has 15 heavy (non-hydrogen) atoms. The van der Waals surface area contributed by atoms with Crippen molar-refractivity contribution in [3.05, 3.63) is 16.6 Å². The van der Waals surface area contributed by atoms with Crippen molar-refractivity contribution < 1.29 is 4.79 Å². The van der Waals surface area contributed by atoms with Gasteiger partial charge >= 0.3 is 0 Å². The minimum absolute atomic E-state index is 0.0842. The molecule has 1 unspecified atom stereocenters. The van der Waals surface area contributed by atoms with E-state index in [1.807, 2.05) is 12.3 Å². The predicted octanol–water partition coefficient (Wildman–Crippen LogP) is 1.07. The van der Waals surface area contributed by atoms with Gasteiger partial charge in [-0.05, 0) is 19.8 Å². The van der Waals surface area contributed by atoms with Gasteiger partial charge in [-0.3, -0.25) is 10.1 Å². The summed E-state index contributed by atoms with van der Waals surface area (Å²) in [5, 5.41) is 9.05. The molecule has 1 aliphatic carbocycles. The minimum atomic E-state index is 0.0842. The topological polar surface area (TPSA) is 54.0 Å². The van der Waals surface area contributed by atoms with Gasteiger partial charge in [0.25, 0.3) is 0 Å². The lowest BCUT2D eigenvalue weighted by atomic mass is 10.3. The lowest BCUT2D eigenvalue weighted by Gasteiger charge is -2.10. The van der Waals surface area contributed by atoms with Crippen LogP contribution in [0.25, 0.3) is 0 Å². The summed E-state index contributed by atoms with van der Waals surface area (Å²) >= 11 is 1.60. The van der Waals surface area contributed by atoms with E-state index in [0.29, 0.717) is 12.6 Å². The Bertz CT molecular complexity index is 321. The Morgan fingerprint density at radius 3 is 3.13 bits per heavy atom. The number of hydrogen-bond acceptors (Lipinski definition) is 4. The van der Waals surface area contributed by atoms with Crippen LogP contribution in [0.3, 0.4) is 0 Å². The Labute approximate surface area is 93.1 Å². The highest BCUT2D eigenvalue weighted by molar-refractivity contribution is 7.09. The van der Waals surface area contributed by atoms with E-state index in [0.717, 1.165) is 17.8 Å². The zero-order valence-electron chi connectivity index (χ0n) is 8.69. The number of hydrogen-bond donors (Lipinski definition) is 2. The van der Waals surface area contributed by atoms with Crippen LogP contribution in [-0.2, 0) is 4.79 Å². The SMILES string of the molecule is CC(NCC(=O)NC1CC1)c1nccs1. The zero-order valence-corrected chi connectivity index (χ0v) is 9.51. The number of amides is 1. The van der Waals surface area contributed by atoms with E-state index in [9.17, 15) is 4.79 Å². The lowest BCUT2D eigenvalue weighted by Crippen LogP contribution is -2.36. The van der Waals surface area contributed by atoms with Crippen LogP contribution in [0.1, 0.15) is 30.8 Å². The van der Waals surface area contributed by atoms with Gasteiger partial charge in [-0.15, -0.1) is 11.3 Å². The Morgan fingerprint density at radius 2 is 2.53 bits per heavy atom. The molecule has 1 aliphatic rings. The maximum atomic E-state index is 11.4. The second kappa shape index (κ2) is 4.72. The van der Waals surface area contributed by atoms with Crippen LogP contribution in [0, 0.1) is 0 Å². The monoisotopic (exact) mass is 225 g/mol. The van der Waals surface area contributed by atoms with Crippen molar-refractivity contribution in [2.45, 2.75) is 31.8 Å². The van der Waals surface area contributed by atoms with Crippen LogP contribution in [0.2, 0.25) is 0 Å². The van der Waals surface area contributed by atoms with Gasteiger partial charge in [-0.1, -0.05) is 0 Å². The van der Waals surface area contributed by atoms with E-state index in [-0.39, 0.29) is 11.9 Å². The molecule has 5 heteroatoms. The maximum Gasteiger partial charge on any atom is 0.234 e. The minimum Gasteiger partial charge on any atom is -0.352 e. The van der Waals surface area contributed by atoms with Crippen molar-refractivity contribution in [1.82, 2.24) is 15.6 Å². The van der Waals surface area contributed by atoms with E-state index < -0.39 is 0 Å². The molecule has 1 aromatic rings. The third-order valence-electron chi connectivity index (χ3n) is 2.33. The van der Waals surface area contributed by atoms with Crippen molar-refractivity contribution >= 4 is 17.2 Å². The molecule has 1 atom stereocenters. The fourth-order valence-corrected chi connectivity index (χ4v) is 1.96. The molecule has 82 valence electrons. The Hall–Kier alpha value is -0.940.